The van der Waals surface area contributed by atoms with Gasteiger partial charge in [-0.05, 0) is 32.0 Å². The number of nitrogens with zero attached hydrogens (tertiary/aromatic N) is 2. The van der Waals surface area contributed by atoms with E-state index in [1.807, 2.05) is 32.0 Å². The largest absolute Gasteiger partial charge is 0.325 e. The Morgan fingerprint density at radius 1 is 1.41 bits per heavy atom. The summed E-state index contributed by atoms with van der Waals surface area (Å²) in [6.45, 7) is 5.33. The Morgan fingerprint density at radius 2 is 2.18 bits per heavy atom. The number of fused-ring (bicyclic) bond motifs is 1. The molecule has 2 aromatic rings. The number of nitrogens with one attached hydrogen (secondary N) is 2. The maximum atomic E-state index is 11.8. The van der Waals surface area contributed by atoms with Gasteiger partial charge in [0.25, 0.3) is 0 Å². The summed E-state index contributed by atoms with van der Waals surface area (Å²) < 4.78 is 0. The number of anilines is 1. The summed E-state index contributed by atoms with van der Waals surface area (Å²) in [7, 11) is 0. The summed E-state index contributed by atoms with van der Waals surface area (Å²) in [6, 6.07) is 5.61. The molecule has 90 valence electrons. The van der Waals surface area contributed by atoms with E-state index in [0.717, 1.165) is 16.6 Å². The molecule has 0 radical (unpaired) electrons. The van der Waals surface area contributed by atoms with Crippen molar-refractivity contribution in [1.82, 2.24) is 15.1 Å². The predicted molar refractivity (Wildman–Crippen MR) is 68.0 cm³/mol. The third-order valence-corrected chi connectivity index (χ3v) is 2.74. The van der Waals surface area contributed by atoms with E-state index in [0.29, 0.717) is 13.1 Å². The van der Waals surface area contributed by atoms with Crippen molar-refractivity contribution in [3.8, 4) is 0 Å². The van der Waals surface area contributed by atoms with Crippen LogP contribution in [0.3, 0.4) is 0 Å². The summed E-state index contributed by atoms with van der Waals surface area (Å²) in [5.74, 6) is 0. The number of benzene rings is 1. The average Bonchev–Trinajstić information content (AvgIpc) is 2.77. The van der Waals surface area contributed by atoms with Crippen molar-refractivity contribution in [2.24, 2.45) is 0 Å². The zero-order valence-electron chi connectivity index (χ0n) is 10.0. The van der Waals surface area contributed by atoms with Gasteiger partial charge in [0.2, 0.25) is 0 Å². The highest BCUT2D eigenvalue weighted by molar-refractivity contribution is 5.92. The number of hydrogen-bond acceptors (Lipinski definition) is 2. The topological polar surface area (TPSA) is 61.0 Å². The lowest BCUT2D eigenvalue weighted by Crippen LogP contribution is -2.34. The number of amides is 2. The Kier molecular flexibility index (Phi) is 3.27. The predicted octanol–water partition coefficient (Wildman–Crippen LogP) is 2.44. The maximum Gasteiger partial charge on any atom is 0.321 e. The average molecular weight is 232 g/mol. The molecule has 1 heterocycles. The summed E-state index contributed by atoms with van der Waals surface area (Å²) >= 11 is 0. The minimum atomic E-state index is -0.0751. The van der Waals surface area contributed by atoms with Gasteiger partial charge in [-0.25, -0.2) is 4.79 Å². The molecular formula is C12H16N4O. The van der Waals surface area contributed by atoms with Gasteiger partial charge >= 0.3 is 6.03 Å². The van der Waals surface area contributed by atoms with Gasteiger partial charge in [0.1, 0.15) is 0 Å². The number of H-pyrrole nitrogens is 1. The molecule has 17 heavy (non-hydrogen) atoms. The number of urea groups is 1. The molecule has 2 rings (SSSR count). The molecule has 0 aliphatic rings. The van der Waals surface area contributed by atoms with Gasteiger partial charge in [0.05, 0.1) is 11.7 Å². The van der Waals surface area contributed by atoms with Gasteiger partial charge in [0.15, 0.2) is 0 Å². The fourth-order valence-corrected chi connectivity index (χ4v) is 1.73. The van der Waals surface area contributed by atoms with Crippen LogP contribution in [0, 0.1) is 0 Å². The first-order valence-corrected chi connectivity index (χ1v) is 5.73. The van der Waals surface area contributed by atoms with Gasteiger partial charge in [-0.3, -0.25) is 5.10 Å². The van der Waals surface area contributed by atoms with Gasteiger partial charge in [-0.1, -0.05) is 0 Å². The molecule has 0 aliphatic heterocycles. The van der Waals surface area contributed by atoms with E-state index >= 15 is 0 Å². The van der Waals surface area contributed by atoms with E-state index in [9.17, 15) is 4.79 Å². The number of carbonyl (C=O) groups excluding carboxylic acids is 1. The third-order valence-electron chi connectivity index (χ3n) is 2.74. The van der Waals surface area contributed by atoms with Crippen molar-refractivity contribution < 1.29 is 4.79 Å². The second-order valence-electron chi connectivity index (χ2n) is 3.77. The molecule has 5 nitrogen and oxygen atoms in total. The number of hydrogen-bond donors (Lipinski definition) is 2. The molecule has 0 spiro atoms. The van der Waals surface area contributed by atoms with Crippen molar-refractivity contribution in [3.63, 3.8) is 0 Å². The molecule has 5 heteroatoms. The Morgan fingerprint density at radius 3 is 2.88 bits per heavy atom. The second kappa shape index (κ2) is 4.86. The minimum absolute atomic E-state index is 0.0751. The Labute approximate surface area is 99.8 Å². The van der Waals surface area contributed by atoms with Crippen LogP contribution in [0.15, 0.2) is 24.4 Å². The Balaban J connectivity index is 2.14. The van der Waals surface area contributed by atoms with Crippen LogP contribution in [0.4, 0.5) is 10.5 Å². The molecule has 0 fully saturated rings. The first-order chi connectivity index (χ1) is 8.24. The van der Waals surface area contributed by atoms with E-state index in [2.05, 4.69) is 15.5 Å². The lowest BCUT2D eigenvalue weighted by molar-refractivity contribution is 0.217. The number of aromatic nitrogens is 2. The van der Waals surface area contributed by atoms with Gasteiger partial charge in [0, 0.05) is 24.2 Å². The minimum Gasteiger partial charge on any atom is -0.325 e. The monoisotopic (exact) mass is 232 g/mol. The highest BCUT2D eigenvalue weighted by atomic mass is 16.2. The van der Waals surface area contributed by atoms with E-state index in [-0.39, 0.29) is 6.03 Å². The summed E-state index contributed by atoms with van der Waals surface area (Å²) in [5.41, 5.74) is 1.70. The molecule has 0 aliphatic carbocycles. The van der Waals surface area contributed by atoms with Crippen LogP contribution in [0.2, 0.25) is 0 Å². The van der Waals surface area contributed by atoms with Crippen molar-refractivity contribution in [3.05, 3.63) is 24.4 Å². The fraction of sp³-hybridized carbons (Fsp3) is 0.333. The summed E-state index contributed by atoms with van der Waals surface area (Å²) in [4.78, 5) is 13.6. The van der Waals surface area contributed by atoms with E-state index in [4.69, 9.17) is 0 Å². The van der Waals surface area contributed by atoms with Gasteiger partial charge in [-0.2, -0.15) is 5.10 Å². The van der Waals surface area contributed by atoms with Crippen molar-refractivity contribution >= 4 is 22.6 Å². The van der Waals surface area contributed by atoms with E-state index in [1.165, 1.54) is 0 Å². The second-order valence-corrected chi connectivity index (χ2v) is 3.77. The van der Waals surface area contributed by atoms with Crippen LogP contribution in [0.1, 0.15) is 13.8 Å². The first-order valence-electron chi connectivity index (χ1n) is 5.73. The normalized spacial score (nSPS) is 10.5. The standard InChI is InChI=1S/C12H16N4O/c1-3-16(4-2)12(17)14-10-6-5-9-8-13-15-11(9)7-10/h5-8H,3-4H2,1-2H3,(H,13,15)(H,14,17). The SMILES string of the molecule is CCN(CC)C(=O)Nc1ccc2cn[nH]c2c1. The van der Waals surface area contributed by atoms with E-state index in [1.54, 1.807) is 11.1 Å². The molecule has 0 unspecified atom stereocenters. The number of rotatable bonds is 3. The molecule has 1 aromatic carbocycles. The van der Waals surface area contributed by atoms with Crippen LogP contribution < -0.4 is 5.32 Å². The van der Waals surface area contributed by atoms with Crippen LogP contribution in [0.5, 0.6) is 0 Å². The van der Waals surface area contributed by atoms with Crippen LogP contribution >= 0.6 is 0 Å². The molecule has 0 bridgehead atoms. The lowest BCUT2D eigenvalue weighted by atomic mass is 10.2. The Hall–Kier alpha value is -2.04. The number of carbonyl (C=O) groups is 1. The highest BCUT2D eigenvalue weighted by Crippen LogP contribution is 2.16. The molecule has 0 saturated carbocycles. The van der Waals surface area contributed by atoms with Crippen LogP contribution in [-0.2, 0) is 0 Å². The van der Waals surface area contributed by atoms with Gasteiger partial charge in [-0.15, -0.1) is 0 Å². The quantitative estimate of drug-likeness (QED) is 0.853. The van der Waals surface area contributed by atoms with Crippen molar-refractivity contribution in [2.45, 2.75) is 13.8 Å². The van der Waals surface area contributed by atoms with E-state index < -0.39 is 0 Å². The number of aromatic amines is 1. The molecule has 1 aromatic heterocycles. The fourth-order valence-electron chi connectivity index (χ4n) is 1.73. The highest BCUT2D eigenvalue weighted by Gasteiger charge is 2.09. The van der Waals surface area contributed by atoms with Gasteiger partial charge < -0.3 is 10.2 Å². The molecule has 0 atom stereocenters. The zero-order valence-corrected chi connectivity index (χ0v) is 10.0. The first kappa shape index (κ1) is 11.4. The van der Waals surface area contributed by atoms with Crippen LogP contribution in [-0.4, -0.2) is 34.2 Å². The third kappa shape index (κ3) is 2.38. The summed E-state index contributed by atoms with van der Waals surface area (Å²) in [6.07, 6.45) is 1.76. The zero-order chi connectivity index (χ0) is 12.3. The molecule has 0 saturated heterocycles. The summed E-state index contributed by atoms with van der Waals surface area (Å²) in [5, 5.41) is 10.7. The Bertz CT molecular complexity index is 516. The van der Waals surface area contributed by atoms with Crippen molar-refractivity contribution in [2.75, 3.05) is 18.4 Å². The van der Waals surface area contributed by atoms with Crippen LogP contribution in [0.25, 0.3) is 10.9 Å². The smallest absolute Gasteiger partial charge is 0.321 e. The molecule has 2 amide bonds. The molecule has 2 N–H and O–H groups in total. The lowest BCUT2D eigenvalue weighted by Gasteiger charge is -2.19. The van der Waals surface area contributed by atoms with Crippen molar-refractivity contribution in [1.29, 1.82) is 0 Å². The molecular weight excluding hydrogens is 216 g/mol. The maximum absolute atomic E-state index is 11.8.